The average Bonchev–Trinajstić information content (AvgIpc) is 2.64. The number of halogens is 1. The zero-order valence-corrected chi connectivity index (χ0v) is 6.30. The molecule has 0 bridgehead atoms. The zero-order valence-electron chi connectivity index (χ0n) is 6.30. The van der Waals surface area contributed by atoms with E-state index in [-0.39, 0.29) is 11.9 Å². The van der Waals surface area contributed by atoms with Gasteiger partial charge in [-0.2, -0.15) is 0 Å². The summed E-state index contributed by atoms with van der Waals surface area (Å²) in [5.74, 6) is -0.171. The minimum Gasteiger partial charge on any atom is -0.368 e. The molecule has 1 aliphatic heterocycles. The van der Waals surface area contributed by atoms with Gasteiger partial charge >= 0.3 is 0 Å². The summed E-state index contributed by atoms with van der Waals surface area (Å²) in [5.41, 5.74) is 1.91. The van der Waals surface area contributed by atoms with Crippen molar-refractivity contribution >= 4 is 0 Å². The van der Waals surface area contributed by atoms with Gasteiger partial charge in [0.05, 0.1) is 6.61 Å². The van der Waals surface area contributed by atoms with Crippen LogP contribution in [0.25, 0.3) is 0 Å². The van der Waals surface area contributed by atoms with Crippen LogP contribution in [-0.4, -0.2) is 6.61 Å². The van der Waals surface area contributed by atoms with Gasteiger partial charge in [0.15, 0.2) is 0 Å². The molecular formula is C9H9FO. The molecule has 2 heteroatoms. The summed E-state index contributed by atoms with van der Waals surface area (Å²) < 4.78 is 17.8. The lowest BCUT2D eigenvalue weighted by molar-refractivity contribution is 0.414. The molecule has 0 N–H and O–H groups in total. The highest BCUT2D eigenvalue weighted by molar-refractivity contribution is 5.27. The summed E-state index contributed by atoms with van der Waals surface area (Å²) in [7, 11) is 0. The molecule has 1 saturated heterocycles. The highest BCUT2D eigenvalue weighted by atomic mass is 19.1. The molecule has 1 aliphatic rings. The van der Waals surface area contributed by atoms with Crippen LogP contribution in [0.3, 0.4) is 0 Å². The van der Waals surface area contributed by atoms with Gasteiger partial charge in [0.1, 0.15) is 11.9 Å². The molecule has 0 spiro atoms. The highest BCUT2D eigenvalue weighted by Gasteiger charge is 2.25. The van der Waals surface area contributed by atoms with Crippen molar-refractivity contribution in [3.63, 3.8) is 0 Å². The summed E-state index contributed by atoms with van der Waals surface area (Å²) in [6.45, 7) is 2.62. The van der Waals surface area contributed by atoms with E-state index in [1.54, 1.807) is 0 Å². The molecule has 58 valence electrons. The van der Waals surface area contributed by atoms with E-state index in [4.69, 9.17) is 4.74 Å². The van der Waals surface area contributed by atoms with Crippen molar-refractivity contribution < 1.29 is 9.13 Å². The molecule has 1 aromatic carbocycles. The van der Waals surface area contributed by atoms with E-state index in [2.05, 4.69) is 0 Å². The fourth-order valence-corrected chi connectivity index (χ4v) is 1.19. The third kappa shape index (κ3) is 1.40. The topological polar surface area (TPSA) is 12.5 Å². The Morgan fingerprint density at radius 3 is 2.73 bits per heavy atom. The molecule has 1 heterocycles. The van der Waals surface area contributed by atoms with E-state index >= 15 is 0 Å². The molecule has 1 nitrogen and oxygen atoms in total. The van der Waals surface area contributed by atoms with Gasteiger partial charge < -0.3 is 4.74 Å². The van der Waals surface area contributed by atoms with Gasteiger partial charge in [-0.1, -0.05) is 6.07 Å². The summed E-state index contributed by atoms with van der Waals surface area (Å²) >= 11 is 0. The van der Waals surface area contributed by atoms with Gasteiger partial charge in [-0.15, -0.1) is 0 Å². The second kappa shape index (κ2) is 2.31. The van der Waals surface area contributed by atoms with Crippen molar-refractivity contribution in [3.05, 3.63) is 35.1 Å². The van der Waals surface area contributed by atoms with Crippen LogP contribution in [0.1, 0.15) is 17.2 Å². The van der Waals surface area contributed by atoms with Crippen molar-refractivity contribution in [2.24, 2.45) is 0 Å². The van der Waals surface area contributed by atoms with Gasteiger partial charge in [0.25, 0.3) is 0 Å². The molecule has 1 fully saturated rings. The number of aryl methyl sites for hydroxylation is 1. The first-order chi connectivity index (χ1) is 5.25. The second-order valence-electron chi connectivity index (χ2n) is 2.88. The maximum atomic E-state index is 12.8. The lowest BCUT2D eigenvalue weighted by atomic mass is 10.1. The first-order valence-corrected chi connectivity index (χ1v) is 3.64. The van der Waals surface area contributed by atoms with Gasteiger partial charge in [0.2, 0.25) is 0 Å². The van der Waals surface area contributed by atoms with Crippen LogP contribution in [0.4, 0.5) is 4.39 Å². The molecule has 2 rings (SSSR count). The van der Waals surface area contributed by atoms with Crippen molar-refractivity contribution in [2.75, 3.05) is 6.61 Å². The molecule has 0 radical (unpaired) electrons. The van der Waals surface area contributed by atoms with Crippen molar-refractivity contribution in [3.8, 4) is 0 Å². The van der Waals surface area contributed by atoms with Crippen LogP contribution >= 0.6 is 0 Å². The summed E-state index contributed by atoms with van der Waals surface area (Å²) in [4.78, 5) is 0. The van der Waals surface area contributed by atoms with E-state index < -0.39 is 0 Å². The lowest BCUT2D eigenvalue weighted by Crippen LogP contribution is -1.85. The molecule has 11 heavy (non-hydrogen) atoms. The molecule has 0 aromatic heterocycles. The lowest BCUT2D eigenvalue weighted by Gasteiger charge is -1.97. The summed E-state index contributed by atoms with van der Waals surface area (Å²) in [6.07, 6.45) is 0.157. The molecule has 0 amide bonds. The van der Waals surface area contributed by atoms with Crippen LogP contribution < -0.4 is 0 Å². The summed E-state index contributed by atoms with van der Waals surface area (Å²) in [5, 5.41) is 0. The highest BCUT2D eigenvalue weighted by Crippen LogP contribution is 2.30. The first-order valence-electron chi connectivity index (χ1n) is 3.64. The van der Waals surface area contributed by atoms with E-state index in [9.17, 15) is 4.39 Å². The SMILES string of the molecule is Cc1cc(F)cc([C@H]2CO2)c1. The zero-order chi connectivity index (χ0) is 7.84. The Labute approximate surface area is 64.8 Å². The number of benzene rings is 1. The van der Waals surface area contributed by atoms with Crippen LogP contribution in [0.2, 0.25) is 0 Å². The minimum absolute atomic E-state index is 0.157. The third-order valence-electron chi connectivity index (χ3n) is 1.77. The Bertz CT molecular complexity index is 259. The Morgan fingerprint density at radius 2 is 2.18 bits per heavy atom. The van der Waals surface area contributed by atoms with E-state index in [1.165, 1.54) is 12.1 Å². The molecule has 1 atom stereocenters. The van der Waals surface area contributed by atoms with Gasteiger partial charge in [0, 0.05) is 0 Å². The van der Waals surface area contributed by atoms with Crippen molar-refractivity contribution in [1.82, 2.24) is 0 Å². The predicted octanol–water partition coefficient (Wildman–Crippen LogP) is 2.21. The van der Waals surface area contributed by atoms with E-state index in [1.807, 2.05) is 13.0 Å². The molecule has 0 saturated carbocycles. The molecule has 0 unspecified atom stereocenters. The Kier molecular flexibility index (Phi) is 1.43. The molecule has 1 aromatic rings. The smallest absolute Gasteiger partial charge is 0.123 e. The predicted molar refractivity (Wildman–Crippen MR) is 39.8 cm³/mol. The Balaban J connectivity index is 2.39. The number of hydrogen-bond acceptors (Lipinski definition) is 1. The number of hydrogen-bond donors (Lipinski definition) is 0. The van der Waals surface area contributed by atoms with E-state index in [0.717, 1.165) is 17.7 Å². The monoisotopic (exact) mass is 152 g/mol. The van der Waals surface area contributed by atoms with Crippen LogP contribution in [0.5, 0.6) is 0 Å². The van der Waals surface area contributed by atoms with Gasteiger partial charge in [-0.3, -0.25) is 0 Å². The second-order valence-corrected chi connectivity index (χ2v) is 2.88. The molecule has 0 aliphatic carbocycles. The van der Waals surface area contributed by atoms with Crippen LogP contribution in [0, 0.1) is 12.7 Å². The Morgan fingerprint density at radius 1 is 1.45 bits per heavy atom. The normalized spacial score (nSPS) is 21.8. The largest absolute Gasteiger partial charge is 0.368 e. The van der Waals surface area contributed by atoms with Crippen molar-refractivity contribution in [1.29, 1.82) is 0 Å². The van der Waals surface area contributed by atoms with Crippen LogP contribution in [0.15, 0.2) is 18.2 Å². The standard InChI is InChI=1S/C9H9FO/c1-6-2-7(9-5-11-9)4-8(10)3-6/h2-4,9H,5H2,1H3/t9-/m1/s1. The number of rotatable bonds is 1. The van der Waals surface area contributed by atoms with Gasteiger partial charge in [-0.25, -0.2) is 4.39 Å². The molecular weight excluding hydrogens is 143 g/mol. The maximum absolute atomic E-state index is 12.8. The van der Waals surface area contributed by atoms with Crippen molar-refractivity contribution in [2.45, 2.75) is 13.0 Å². The van der Waals surface area contributed by atoms with Gasteiger partial charge in [-0.05, 0) is 30.2 Å². The summed E-state index contributed by atoms with van der Waals surface area (Å²) in [6, 6.07) is 5.01. The Hall–Kier alpha value is -0.890. The first kappa shape index (κ1) is 6.80. The number of ether oxygens (including phenoxy) is 1. The average molecular weight is 152 g/mol. The fraction of sp³-hybridized carbons (Fsp3) is 0.333. The quantitative estimate of drug-likeness (QED) is 0.562. The minimum atomic E-state index is -0.171. The third-order valence-corrected chi connectivity index (χ3v) is 1.77. The number of epoxide rings is 1. The maximum Gasteiger partial charge on any atom is 0.123 e. The fourth-order valence-electron chi connectivity index (χ4n) is 1.19. The van der Waals surface area contributed by atoms with Crippen LogP contribution in [-0.2, 0) is 4.74 Å². The van der Waals surface area contributed by atoms with E-state index in [0.29, 0.717) is 0 Å².